The number of fused-ring (bicyclic) bond motifs is 1. The highest BCUT2D eigenvalue weighted by molar-refractivity contribution is 5.49. The van der Waals surface area contributed by atoms with Crippen LogP contribution in [0.1, 0.15) is 12.8 Å². The Kier molecular flexibility index (Phi) is 3.25. The number of nitrogens with zero attached hydrogens (tertiary/aromatic N) is 2. The second-order valence-corrected chi connectivity index (χ2v) is 4.95. The SMILES string of the molecule is O=[N+]([O-])c1ccc2c(c1)OC[C@H](CN1CCCC1)O2. The lowest BCUT2D eigenvalue weighted by atomic mass is 10.2. The molecule has 6 heteroatoms. The van der Waals surface area contributed by atoms with E-state index in [-0.39, 0.29) is 11.8 Å². The van der Waals surface area contributed by atoms with Gasteiger partial charge in [0.1, 0.15) is 12.7 Å². The molecule has 3 rings (SSSR count). The average Bonchev–Trinajstić information content (AvgIpc) is 2.91. The van der Waals surface area contributed by atoms with Crippen molar-refractivity contribution < 1.29 is 14.4 Å². The normalized spacial score (nSPS) is 22.4. The lowest BCUT2D eigenvalue weighted by molar-refractivity contribution is -0.385. The van der Waals surface area contributed by atoms with Gasteiger partial charge in [-0.1, -0.05) is 0 Å². The summed E-state index contributed by atoms with van der Waals surface area (Å²) in [7, 11) is 0. The highest BCUT2D eigenvalue weighted by Crippen LogP contribution is 2.35. The van der Waals surface area contributed by atoms with Crippen molar-refractivity contribution in [2.75, 3.05) is 26.2 Å². The zero-order chi connectivity index (χ0) is 13.2. The van der Waals surface area contributed by atoms with Crippen molar-refractivity contribution in [2.24, 2.45) is 0 Å². The molecule has 0 aromatic heterocycles. The van der Waals surface area contributed by atoms with Crippen LogP contribution >= 0.6 is 0 Å². The fourth-order valence-corrected chi connectivity index (χ4v) is 2.56. The monoisotopic (exact) mass is 264 g/mol. The van der Waals surface area contributed by atoms with Gasteiger partial charge in [-0.05, 0) is 32.0 Å². The Bertz CT molecular complexity index is 486. The van der Waals surface area contributed by atoms with Gasteiger partial charge in [-0.2, -0.15) is 0 Å². The Balaban J connectivity index is 1.68. The van der Waals surface area contributed by atoms with Crippen LogP contribution in [0.4, 0.5) is 5.69 Å². The lowest BCUT2D eigenvalue weighted by Gasteiger charge is -2.29. The van der Waals surface area contributed by atoms with E-state index in [1.54, 1.807) is 6.07 Å². The summed E-state index contributed by atoms with van der Waals surface area (Å²) in [5.41, 5.74) is 0.0281. The molecule has 2 aliphatic heterocycles. The Morgan fingerprint density at radius 1 is 1.32 bits per heavy atom. The summed E-state index contributed by atoms with van der Waals surface area (Å²) in [6.45, 7) is 3.54. The number of likely N-dealkylation sites (tertiary alicyclic amines) is 1. The van der Waals surface area contributed by atoms with Crippen molar-refractivity contribution in [1.82, 2.24) is 4.90 Å². The molecule has 1 atom stereocenters. The van der Waals surface area contributed by atoms with Crippen LogP contribution in [0.25, 0.3) is 0 Å². The van der Waals surface area contributed by atoms with Crippen molar-refractivity contribution >= 4 is 5.69 Å². The molecule has 2 aliphatic rings. The Morgan fingerprint density at radius 3 is 2.84 bits per heavy atom. The zero-order valence-electron chi connectivity index (χ0n) is 10.6. The van der Waals surface area contributed by atoms with E-state index in [1.807, 2.05) is 0 Å². The van der Waals surface area contributed by atoms with E-state index in [4.69, 9.17) is 9.47 Å². The van der Waals surface area contributed by atoms with Gasteiger partial charge in [0.05, 0.1) is 11.0 Å². The summed E-state index contributed by atoms with van der Waals surface area (Å²) < 4.78 is 11.4. The summed E-state index contributed by atoms with van der Waals surface area (Å²) in [5.74, 6) is 1.06. The van der Waals surface area contributed by atoms with Gasteiger partial charge in [0.25, 0.3) is 5.69 Å². The van der Waals surface area contributed by atoms with Crippen LogP contribution in [0.3, 0.4) is 0 Å². The van der Waals surface area contributed by atoms with Crippen molar-refractivity contribution in [1.29, 1.82) is 0 Å². The molecule has 0 amide bonds. The molecule has 0 aliphatic carbocycles. The molecular weight excluding hydrogens is 248 g/mol. The Morgan fingerprint density at radius 2 is 2.11 bits per heavy atom. The van der Waals surface area contributed by atoms with Gasteiger partial charge in [0.15, 0.2) is 11.5 Å². The van der Waals surface area contributed by atoms with Crippen molar-refractivity contribution in [2.45, 2.75) is 18.9 Å². The molecular formula is C13H16N2O4. The average molecular weight is 264 g/mol. The molecule has 0 N–H and O–H groups in total. The van der Waals surface area contributed by atoms with Gasteiger partial charge in [0.2, 0.25) is 0 Å². The van der Waals surface area contributed by atoms with Gasteiger partial charge in [0, 0.05) is 12.6 Å². The molecule has 6 nitrogen and oxygen atoms in total. The predicted molar refractivity (Wildman–Crippen MR) is 68.7 cm³/mol. The van der Waals surface area contributed by atoms with E-state index < -0.39 is 4.92 Å². The van der Waals surface area contributed by atoms with Crippen LogP contribution in [-0.4, -0.2) is 42.2 Å². The van der Waals surface area contributed by atoms with Crippen LogP contribution in [0.5, 0.6) is 11.5 Å². The van der Waals surface area contributed by atoms with Crippen LogP contribution < -0.4 is 9.47 Å². The summed E-state index contributed by atoms with van der Waals surface area (Å²) in [6.07, 6.45) is 2.50. The van der Waals surface area contributed by atoms with Gasteiger partial charge >= 0.3 is 0 Å². The number of nitro groups is 1. The molecule has 1 fully saturated rings. The molecule has 0 radical (unpaired) electrons. The largest absolute Gasteiger partial charge is 0.486 e. The molecule has 1 aromatic rings. The van der Waals surface area contributed by atoms with Crippen LogP contribution in [0, 0.1) is 10.1 Å². The quantitative estimate of drug-likeness (QED) is 0.615. The smallest absolute Gasteiger partial charge is 0.273 e. The van der Waals surface area contributed by atoms with Gasteiger partial charge in [-0.15, -0.1) is 0 Å². The summed E-state index contributed by atoms with van der Waals surface area (Å²) >= 11 is 0. The van der Waals surface area contributed by atoms with E-state index in [1.165, 1.54) is 25.0 Å². The topological polar surface area (TPSA) is 64.8 Å². The minimum absolute atomic E-state index is 0.00653. The van der Waals surface area contributed by atoms with E-state index in [9.17, 15) is 10.1 Å². The number of hydrogen-bond donors (Lipinski definition) is 0. The first kappa shape index (κ1) is 12.2. The molecule has 2 heterocycles. The summed E-state index contributed by atoms with van der Waals surface area (Å²) in [4.78, 5) is 12.6. The predicted octanol–water partition coefficient (Wildman–Crippen LogP) is 1.83. The molecule has 0 saturated carbocycles. The molecule has 1 saturated heterocycles. The summed E-state index contributed by atoms with van der Waals surface area (Å²) in [5, 5.41) is 10.7. The Labute approximate surface area is 111 Å². The highest BCUT2D eigenvalue weighted by atomic mass is 16.6. The number of ether oxygens (including phenoxy) is 2. The number of hydrogen-bond acceptors (Lipinski definition) is 5. The number of nitro benzene ring substituents is 1. The van der Waals surface area contributed by atoms with Crippen molar-refractivity contribution in [3.05, 3.63) is 28.3 Å². The molecule has 1 aromatic carbocycles. The van der Waals surface area contributed by atoms with Crippen molar-refractivity contribution in [3.8, 4) is 11.5 Å². The van der Waals surface area contributed by atoms with Gasteiger partial charge in [-0.3, -0.25) is 15.0 Å². The zero-order valence-corrected chi connectivity index (χ0v) is 10.6. The first-order valence-electron chi connectivity index (χ1n) is 6.52. The van der Waals surface area contributed by atoms with Crippen molar-refractivity contribution in [3.63, 3.8) is 0 Å². The minimum atomic E-state index is -0.431. The fourth-order valence-electron chi connectivity index (χ4n) is 2.56. The standard InChI is InChI=1S/C13H16N2O4/c16-15(17)10-3-4-12-13(7-10)18-9-11(19-12)8-14-5-1-2-6-14/h3-4,7,11H,1-2,5-6,8-9H2/t11-/m0/s1. The first-order chi connectivity index (χ1) is 9.22. The Hall–Kier alpha value is -1.82. The molecule has 102 valence electrons. The second kappa shape index (κ2) is 5.05. The molecule has 0 spiro atoms. The third kappa shape index (κ3) is 2.63. The number of benzene rings is 1. The minimum Gasteiger partial charge on any atom is -0.486 e. The van der Waals surface area contributed by atoms with Crippen LogP contribution in [0.2, 0.25) is 0 Å². The van der Waals surface area contributed by atoms with E-state index in [0.717, 1.165) is 19.6 Å². The fraction of sp³-hybridized carbons (Fsp3) is 0.538. The van der Waals surface area contributed by atoms with E-state index in [2.05, 4.69) is 4.90 Å². The first-order valence-corrected chi connectivity index (χ1v) is 6.52. The molecule has 0 bridgehead atoms. The number of non-ortho nitro benzene ring substituents is 1. The number of rotatable bonds is 3. The maximum Gasteiger partial charge on any atom is 0.273 e. The van der Waals surface area contributed by atoms with E-state index in [0.29, 0.717) is 18.1 Å². The van der Waals surface area contributed by atoms with Gasteiger partial charge in [-0.25, -0.2) is 0 Å². The molecule has 19 heavy (non-hydrogen) atoms. The van der Waals surface area contributed by atoms with E-state index >= 15 is 0 Å². The third-order valence-corrected chi connectivity index (χ3v) is 3.52. The molecule has 0 unspecified atom stereocenters. The highest BCUT2D eigenvalue weighted by Gasteiger charge is 2.25. The lowest BCUT2D eigenvalue weighted by Crippen LogP contribution is -2.39. The van der Waals surface area contributed by atoms with Gasteiger partial charge < -0.3 is 9.47 Å². The summed E-state index contributed by atoms with van der Waals surface area (Å²) in [6, 6.07) is 4.48. The second-order valence-electron chi connectivity index (χ2n) is 4.95. The maximum atomic E-state index is 10.7. The maximum absolute atomic E-state index is 10.7. The van der Waals surface area contributed by atoms with Crippen LogP contribution in [0.15, 0.2) is 18.2 Å². The third-order valence-electron chi connectivity index (χ3n) is 3.52. The van der Waals surface area contributed by atoms with Crippen LogP contribution in [-0.2, 0) is 0 Å².